The van der Waals surface area contributed by atoms with E-state index in [9.17, 15) is 4.39 Å². The summed E-state index contributed by atoms with van der Waals surface area (Å²) >= 11 is 0. The third-order valence-corrected chi connectivity index (χ3v) is 3.90. The number of benzene rings is 2. The van der Waals surface area contributed by atoms with Crippen LogP contribution in [-0.2, 0) is 6.42 Å². The molecule has 0 fully saturated rings. The van der Waals surface area contributed by atoms with E-state index in [4.69, 9.17) is 10.5 Å². The van der Waals surface area contributed by atoms with Gasteiger partial charge in [-0.25, -0.2) is 4.39 Å². The predicted octanol–water partition coefficient (Wildman–Crippen LogP) is 4.29. The van der Waals surface area contributed by atoms with E-state index in [0.29, 0.717) is 13.2 Å². The number of aryl methyl sites for hydroxylation is 1. The van der Waals surface area contributed by atoms with Gasteiger partial charge in [-0.2, -0.15) is 0 Å². The summed E-state index contributed by atoms with van der Waals surface area (Å²) in [5.41, 5.74) is 8.21. The minimum Gasteiger partial charge on any atom is -0.494 e. The number of rotatable bonds is 8. The summed E-state index contributed by atoms with van der Waals surface area (Å²) in [7, 11) is 0. The molecule has 0 heterocycles. The second-order valence-corrected chi connectivity index (χ2v) is 5.48. The Morgan fingerprint density at radius 3 is 2.59 bits per heavy atom. The molecule has 0 saturated heterocycles. The van der Waals surface area contributed by atoms with Crippen LogP contribution in [0.15, 0.2) is 48.5 Å². The van der Waals surface area contributed by atoms with Crippen LogP contribution in [0.5, 0.6) is 5.75 Å². The fourth-order valence-corrected chi connectivity index (χ4v) is 2.53. The molecule has 0 bridgehead atoms. The Bertz CT molecular complexity index is 568. The van der Waals surface area contributed by atoms with Gasteiger partial charge in [0.2, 0.25) is 0 Å². The molecule has 0 radical (unpaired) electrons. The first-order valence-electron chi connectivity index (χ1n) is 7.90. The Labute approximate surface area is 132 Å². The average molecular weight is 301 g/mol. The largest absolute Gasteiger partial charge is 0.494 e. The van der Waals surface area contributed by atoms with Crippen molar-refractivity contribution in [2.24, 2.45) is 5.73 Å². The molecule has 1 unspecified atom stereocenters. The molecule has 1 atom stereocenters. The Morgan fingerprint density at radius 2 is 1.91 bits per heavy atom. The Balaban J connectivity index is 1.80. The van der Waals surface area contributed by atoms with Gasteiger partial charge in [-0.15, -0.1) is 0 Å². The molecule has 0 saturated carbocycles. The second-order valence-electron chi connectivity index (χ2n) is 5.48. The molecule has 0 aromatic heterocycles. The highest BCUT2D eigenvalue weighted by Gasteiger charge is 2.09. The van der Waals surface area contributed by atoms with Gasteiger partial charge in [-0.3, -0.25) is 0 Å². The van der Waals surface area contributed by atoms with E-state index < -0.39 is 0 Å². The van der Waals surface area contributed by atoms with Crippen LogP contribution in [0.2, 0.25) is 0 Å². The summed E-state index contributed by atoms with van der Waals surface area (Å²) in [4.78, 5) is 0. The van der Waals surface area contributed by atoms with Crippen molar-refractivity contribution in [3.63, 3.8) is 0 Å². The number of hydrogen-bond donors (Lipinski definition) is 1. The summed E-state index contributed by atoms with van der Waals surface area (Å²) in [6.07, 6.45) is 2.88. The van der Waals surface area contributed by atoms with Gasteiger partial charge < -0.3 is 10.5 Å². The molecule has 0 aliphatic carbocycles. The van der Waals surface area contributed by atoms with E-state index in [1.807, 2.05) is 24.3 Å². The van der Waals surface area contributed by atoms with Gasteiger partial charge in [0.25, 0.3) is 0 Å². The molecule has 3 heteroatoms. The third-order valence-electron chi connectivity index (χ3n) is 3.90. The van der Waals surface area contributed by atoms with E-state index in [0.717, 1.165) is 30.6 Å². The summed E-state index contributed by atoms with van der Waals surface area (Å²) in [5, 5.41) is 0. The van der Waals surface area contributed by atoms with Gasteiger partial charge >= 0.3 is 0 Å². The Hall–Kier alpha value is -1.87. The summed E-state index contributed by atoms with van der Waals surface area (Å²) in [6, 6.07) is 14.8. The molecular weight excluding hydrogens is 277 g/mol. The Morgan fingerprint density at radius 1 is 1.14 bits per heavy atom. The van der Waals surface area contributed by atoms with Crippen molar-refractivity contribution in [1.29, 1.82) is 0 Å². The molecule has 2 nitrogen and oxygen atoms in total. The maximum atomic E-state index is 13.0. The van der Waals surface area contributed by atoms with Crippen molar-refractivity contribution in [1.82, 2.24) is 0 Å². The van der Waals surface area contributed by atoms with Crippen molar-refractivity contribution < 1.29 is 9.13 Å². The highest BCUT2D eigenvalue weighted by atomic mass is 19.1. The zero-order valence-electron chi connectivity index (χ0n) is 13.1. The van der Waals surface area contributed by atoms with Crippen LogP contribution >= 0.6 is 0 Å². The van der Waals surface area contributed by atoms with Gasteiger partial charge in [0, 0.05) is 0 Å². The summed E-state index contributed by atoms with van der Waals surface area (Å²) in [6.45, 7) is 3.37. The molecule has 2 N–H and O–H groups in total. The van der Waals surface area contributed by atoms with E-state index >= 15 is 0 Å². The van der Waals surface area contributed by atoms with Crippen molar-refractivity contribution in [3.8, 4) is 5.75 Å². The maximum Gasteiger partial charge on any atom is 0.123 e. The first-order chi connectivity index (χ1) is 10.7. The number of ether oxygens (including phenoxy) is 1. The highest BCUT2D eigenvalue weighted by molar-refractivity contribution is 5.28. The monoisotopic (exact) mass is 301 g/mol. The van der Waals surface area contributed by atoms with Crippen LogP contribution in [0.25, 0.3) is 0 Å². The van der Waals surface area contributed by atoms with Crippen molar-refractivity contribution in [3.05, 3.63) is 65.5 Å². The van der Waals surface area contributed by atoms with Crippen LogP contribution < -0.4 is 10.5 Å². The topological polar surface area (TPSA) is 35.2 Å². The minimum atomic E-state index is -0.210. The lowest BCUT2D eigenvalue weighted by Gasteiger charge is -2.15. The maximum absolute atomic E-state index is 13.0. The zero-order valence-corrected chi connectivity index (χ0v) is 13.1. The quantitative estimate of drug-likeness (QED) is 0.738. The first-order valence-corrected chi connectivity index (χ1v) is 7.90. The van der Waals surface area contributed by atoms with Gasteiger partial charge in [0.15, 0.2) is 0 Å². The number of halogens is 1. The van der Waals surface area contributed by atoms with Crippen LogP contribution in [0, 0.1) is 5.82 Å². The molecule has 0 aliphatic rings. The fraction of sp³-hybridized carbons (Fsp3) is 0.368. The normalized spacial score (nSPS) is 12.1. The summed E-state index contributed by atoms with van der Waals surface area (Å²) in [5.74, 6) is 0.968. The van der Waals surface area contributed by atoms with Crippen LogP contribution in [0.4, 0.5) is 4.39 Å². The second kappa shape index (κ2) is 8.54. The van der Waals surface area contributed by atoms with E-state index in [-0.39, 0.29) is 11.7 Å². The standard InChI is InChI=1S/C19H24FNO/c1-2-15-5-3-7-19(13-15)22-12-4-6-17(14-21)16-8-10-18(20)11-9-16/h3,5,7-11,13,17H,2,4,6,12,14,21H2,1H3. The van der Waals surface area contributed by atoms with Gasteiger partial charge in [-0.1, -0.05) is 31.2 Å². The molecule has 2 aromatic rings. The van der Waals surface area contributed by atoms with E-state index in [1.54, 1.807) is 0 Å². The van der Waals surface area contributed by atoms with Crippen molar-refractivity contribution in [2.45, 2.75) is 32.1 Å². The SMILES string of the molecule is CCc1cccc(OCCCC(CN)c2ccc(F)cc2)c1. The van der Waals surface area contributed by atoms with Gasteiger partial charge in [-0.05, 0) is 67.1 Å². The lowest BCUT2D eigenvalue weighted by Crippen LogP contribution is -2.13. The third kappa shape index (κ3) is 4.85. The molecule has 118 valence electrons. The Kier molecular flexibility index (Phi) is 6.41. The smallest absolute Gasteiger partial charge is 0.123 e. The molecule has 2 aromatic carbocycles. The molecule has 2 rings (SSSR count). The minimum absolute atomic E-state index is 0.210. The summed E-state index contributed by atoms with van der Waals surface area (Å²) < 4.78 is 18.8. The van der Waals surface area contributed by atoms with Crippen LogP contribution in [0.1, 0.15) is 36.8 Å². The van der Waals surface area contributed by atoms with Gasteiger partial charge in [0.05, 0.1) is 6.61 Å². The van der Waals surface area contributed by atoms with Crippen molar-refractivity contribution >= 4 is 0 Å². The fourth-order valence-electron chi connectivity index (χ4n) is 2.53. The molecular formula is C19H24FNO. The highest BCUT2D eigenvalue weighted by Crippen LogP contribution is 2.21. The average Bonchev–Trinajstić information content (AvgIpc) is 2.56. The van der Waals surface area contributed by atoms with E-state index in [1.165, 1.54) is 17.7 Å². The lowest BCUT2D eigenvalue weighted by atomic mass is 9.94. The van der Waals surface area contributed by atoms with E-state index in [2.05, 4.69) is 19.1 Å². The number of nitrogens with two attached hydrogens (primary N) is 1. The molecule has 0 aliphatic heterocycles. The molecule has 0 spiro atoms. The van der Waals surface area contributed by atoms with Crippen LogP contribution in [0.3, 0.4) is 0 Å². The van der Waals surface area contributed by atoms with Crippen molar-refractivity contribution in [2.75, 3.05) is 13.2 Å². The van der Waals surface area contributed by atoms with Gasteiger partial charge in [0.1, 0.15) is 11.6 Å². The molecule has 0 amide bonds. The predicted molar refractivity (Wildman–Crippen MR) is 88.7 cm³/mol. The molecule has 22 heavy (non-hydrogen) atoms. The van der Waals surface area contributed by atoms with Crippen LogP contribution in [-0.4, -0.2) is 13.2 Å². The first kappa shape index (κ1) is 16.5. The number of hydrogen-bond acceptors (Lipinski definition) is 2. The zero-order chi connectivity index (χ0) is 15.8. The lowest BCUT2D eigenvalue weighted by molar-refractivity contribution is 0.301.